The van der Waals surface area contributed by atoms with E-state index < -0.39 is 17.4 Å². The first-order valence-electron chi connectivity index (χ1n) is 6.45. The van der Waals surface area contributed by atoms with Gasteiger partial charge < -0.3 is 20.1 Å². The zero-order chi connectivity index (χ0) is 17.1. The van der Waals surface area contributed by atoms with Crippen LogP contribution in [0.15, 0.2) is 12.3 Å². The van der Waals surface area contributed by atoms with Gasteiger partial charge in [-0.15, -0.1) is 0 Å². The summed E-state index contributed by atoms with van der Waals surface area (Å²) in [4.78, 5) is 7.79. The maximum Gasteiger partial charge on any atom is 0.207 e. The Hall–Kier alpha value is -1.61. The summed E-state index contributed by atoms with van der Waals surface area (Å²) in [5.41, 5.74) is 0.343. The number of pyridine rings is 1. The Morgan fingerprint density at radius 1 is 1.30 bits per heavy atom. The number of anilines is 1. The zero-order valence-corrected chi connectivity index (χ0v) is 13.5. The number of hydrogen-bond acceptors (Lipinski definition) is 4. The fraction of sp³-hybridized carbons (Fsp3) is 0.154. The van der Waals surface area contributed by atoms with E-state index in [9.17, 15) is 19.0 Å². The number of benzene rings is 1. The monoisotopic (exact) mass is 359 g/mol. The van der Waals surface area contributed by atoms with Crippen molar-refractivity contribution in [2.75, 3.05) is 11.9 Å². The van der Waals surface area contributed by atoms with Crippen molar-refractivity contribution in [1.82, 2.24) is 9.97 Å². The third-order valence-electron chi connectivity index (χ3n) is 3.66. The molecule has 0 fully saturated rings. The molecule has 0 radical (unpaired) electrons. The average Bonchev–Trinajstić information content (AvgIpc) is 2.85. The molecular weight excluding hydrogens is 350 g/mol. The zero-order valence-electron chi connectivity index (χ0n) is 12.0. The van der Waals surface area contributed by atoms with Gasteiger partial charge in [-0.3, -0.25) is 0 Å². The Labute approximate surface area is 139 Å². The summed E-state index contributed by atoms with van der Waals surface area (Å²) in [5.74, 6) is -4.59. The standard InChI is InChI=1S/C13H10BCl2F2N3O2/c1-21(13(14,22)23)6-2-5(17)10(18)8-7-9(16)4(15)3-19-12(7)20-11(6)8/h2-3,22-23H,14H2,1H3,(H,19,20). The van der Waals surface area contributed by atoms with E-state index in [0.717, 1.165) is 18.8 Å². The first kappa shape index (κ1) is 16.3. The lowest BCUT2D eigenvalue weighted by Crippen LogP contribution is -2.47. The molecule has 0 aliphatic rings. The molecule has 0 atom stereocenters. The predicted octanol–water partition coefficient (Wildman–Crippen LogP) is 1.97. The molecule has 3 aromatic rings. The quantitative estimate of drug-likeness (QED) is 0.483. The van der Waals surface area contributed by atoms with Crippen molar-refractivity contribution in [3.63, 3.8) is 0 Å². The lowest BCUT2D eigenvalue weighted by molar-refractivity contribution is -0.0819. The molecule has 0 aliphatic carbocycles. The van der Waals surface area contributed by atoms with Crippen LogP contribution in [0.1, 0.15) is 0 Å². The van der Waals surface area contributed by atoms with Crippen LogP contribution in [-0.4, -0.2) is 40.9 Å². The molecular formula is C13H10BCl2F2N3O2. The van der Waals surface area contributed by atoms with Crippen molar-refractivity contribution < 1.29 is 19.0 Å². The second-order valence-electron chi connectivity index (χ2n) is 5.24. The van der Waals surface area contributed by atoms with E-state index in [1.807, 2.05) is 0 Å². The Morgan fingerprint density at radius 3 is 2.57 bits per heavy atom. The second kappa shape index (κ2) is 5.20. The van der Waals surface area contributed by atoms with Crippen molar-refractivity contribution >= 4 is 58.7 Å². The van der Waals surface area contributed by atoms with Gasteiger partial charge in [0.1, 0.15) is 5.65 Å². The molecule has 23 heavy (non-hydrogen) atoms. The van der Waals surface area contributed by atoms with Gasteiger partial charge in [-0.2, -0.15) is 0 Å². The topological polar surface area (TPSA) is 72.4 Å². The molecule has 10 heteroatoms. The van der Waals surface area contributed by atoms with Crippen LogP contribution >= 0.6 is 23.2 Å². The molecule has 2 aromatic heterocycles. The minimum absolute atomic E-state index is 0.0246. The number of hydrogen-bond donors (Lipinski definition) is 3. The Morgan fingerprint density at radius 2 is 1.96 bits per heavy atom. The molecule has 3 rings (SSSR count). The summed E-state index contributed by atoms with van der Waals surface area (Å²) >= 11 is 12.0. The lowest BCUT2D eigenvalue weighted by Gasteiger charge is -2.31. The Bertz CT molecular complexity index is 943. The maximum absolute atomic E-state index is 14.3. The van der Waals surface area contributed by atoms with Gasteiger partial charge in [0.2, 0.25) is 7.85 Å². The highest BCUT2D eigenvalue weighted by atomic mass is 35.5. The summed E-state index contributed by atoms with van der Waals surface area (Å²) in [6.45, 7) is 0. The van der Waals surface area contributed by atoms with E-state index in [0.29, 0.717) is 0 Å². The van der Waals surface area contributed by atoms with E-state index in [4.69, 9.17) is 23.2 Å². The first-order chi connectivity index (χ1) is 10.6. The van der Waals surface area contributed by atoms with Crippen molar-refractivity contribution in [1.29, 1.82) is 0 Å². The predicted molar refractivity (Wildman–Crippen MR) is 87.7 cm³/mol. The summed E-state index contributed by atoms with van der Waals surface area (Å²) < 4.78 is 28.4. The minimum Gasteiger partial charge on any atom is -0.357 e. The van der Waals surface area contributed by atoms with Crippen LogP contribution in [0.5, 0.6) is 0 Å². The molecule has 0 unspecified atom stereocenters. The van der Waals surface area contributed by atoms with Crippen molar-refractivity contribution in [2.24, 2.45) is 0 Å². The van der Waals surface area contributed by atoms with Crippen LogP contribution in [0.4, 0.5) is 14.5 Å². The number of nitrogens with one attached hydrogen (secondary N) is 1. The van der Waals surface area contributed by atoms with Gasteiger partial charge in [0.05, 0.1) is 26.6 Å². The summed E-state index contributed by atoms with van der Waals surface area (Å²) in [7, 11) is 2.41. The van der Waals surface area contributed by atoms with Gasteiger partial charge in [-0.05, 0) is 0 Å². The molecule has 0 amide bonds. The normalized spacial score (nSPS) is 12.3. The van der Waals surface area contributed by atoms with Gasteiger partial charge in [0, 0.05) is 24.7 Å². The smallest absolute Gasteiger partial charge is 0.207 e. The molecule has 0 saturated heterocycles. The molecule has 0 aliphatic heterocycles. The lowest BCUT2D eigenvalue weighted by atomic mass is 10.0. The number of halogens is 4. The van der Waals surface area contributed by atoms with Crippen LogP contribution in [0.25, 0.3) is 21.9 Å². The van der Waals surface area contributed by atoms with Gasteiger partial charge >= 0.3 is 0 Å². The van der Waals surface area contributed by atoms with Crippen LogP contribution in [-0.2, 0) is 0 Å². The van der Waals surface area contributed by atoms with E-state index in [1.54, 1.807) is 0 Å². The van der Waals surface area contributed by atoms with E-state index in [1.165, 1.54) is 13.2 Å². The summed E-state index contributed by atoms with van der Waals surface area (Å²) in [6.07, 6.45) is 1.28. The van der Waals surface area contributed by atoms with Gasteiger partial charge in [0.25, 0.3) is 0 Å². The average molecular weight is 360 g/mol. The molecule has 2 heterocycles. The van der Waals surface area contributed by atoms with E-state index >= 15 is 0 Å². The van der Waals surface area contributed by atoms with Gasteiger partial charge in [0.15, 0.2) is 17.4 Å². The molecule has 5 nitrogen and oxygen atoms in total. The molecule has 0 spiro atoms. The molecule has 1 aromatic carbocycles. The number of aliphatic hydroxyl groups is 2. The first-order valence-corrected chi connectivity index (χ1v) is 7.20. The highest BCUT2D eigenvalue weighted by Crippen LogP contribution is 2.40. The summed E-state index contributed by atoms with van der Waals surface area (Å²) in [5, 5.41) is 19.5. The van der Waals surface area contributed by atoms with Crippen molar-refractivity contribution in [3.8, 4) is 0 Å². The van der Waals surface area contributed by atoms with Crippen LogP contribution in [0, 0.1) is 11.6 Å². The Kier molecular flexibility index (Phi) is 3.68. The highest BCUT2D eigenvalue weighted by molar-refractivity contribution is 6.46. The number of nitrogens with zero attached hydrogens (tertiary/aromatic N) is 2. The molecule has 0 saturated carbocycles. The second-order valence-corrected chi connectivity index (χ2v) is 6.03. The SMILES string of the molecule is BC(O)(O)N(C)c1cc(F)c(F)c2c1[nH]c1ncc(Cl)c(Cl)c12. The van der Waals surface area contributed by atoms with Gasteiger partial charge in [-0.1, -0.05) is 23.2 Å². The molecule has 0 bridgehead atoms. The van der Waals surface area contributed by atoms with E-state index in [-0.39, 0.29) is 37.7 Å². The number of aromatic nitrogens is 2. The fourth-order valence-corrected chi connectivity index (χ4v) is 2.75. The van der Waals surface area contributed by atoms with E-state index in [2.05, 4.69) is 9.97 Å². The van der Waals surface area contributed by atoms with Crippen molar-refractivity contribution in [2.45, 2.75) is 5.81 Å². The number of rotatable bonds is 2. The molecule has 3 N–H and O–H groups in total. The fourth-order valence-electron chi connectivity index (χ4n) is 2.37. The highest BCUT2D eigenvalue weighted by Gasteiger charge is 2.28. The van der Waals surface area contributed by atoms with Crippen LogP contribution < -0.4 is 4.90 Å². The Balaban J connectivity index is 2.50. The number of fused-ring (bicyclic) bond motifs is 3. The largest absolute Gasteiger partial charge is 0.357 e. The minimum atomic E-state index is -2.29. The summed E-state index contributed by atoms with van der Waals surface area (Å²) in [6, 6.07) is 0.854. The van der Waals surface area contributed by atoms with Crippen LogP contribution in [0.2, 0.25) is 10.0 Å². The maximum atomic E-state index is 14.3. The van der Waals surface area contributed by atoms with Crippen molar-refractivity contribution in [3.05, 3.63) is 33.9 Å². The number of aromatic amines is 1. The van der Waals surface area contributed by atoms with Crippen LogP contribution in [0.3, 0.4) is 0 Å². The van der Waals surface area contributed by atoms with Gasteiger partial charge in [-0.25, -0.2) is 13.8 Å². The third kappa shape index (κ3) is 2.42. The molecule has 120 valence electrons. The number of H-pyrrole nitrogens is 1. The third-order valence-corrected chi connectivity index (χ3v) is 4.44.